The number of carboxylic acid groups (broad SMARTS) is 1. The summed E-state index contributed by atoms with van der Waals surface area (Å²) in [5.41, 5.74) is 9.10. The number of benzene rings is 2. The molecule has 18 heavy (non-hydrogen) atoms. The molecule has 3 nitrogen and oxygen atoms in total. The van der Waals surface area contributed by atoms with Gasteiger partial charge >= 0.3 is 5.97 Å². The molecule has 2 aromatic carbocycles. The van der Waals surface area contributed by atoms with Gasteiger partial charge < -0.3 is 10.8 Å². The molecule has 0 aliphatic rings. The van der Waals surface area contributed by atoms with Gasteiger partial charge in [0.15, 0.2) is 0 Å². The van der Waals surface area contributed by atoms with Gasteiger partial charge in [0.25, 0.3) is 0 Å². The molecule has 2 aromatic rings. The first-order chi connectivity index (χ1) is 8.70. The summed E-state index contributed by atoms with van der Waals surface area (Å²) < 4.78 is 0. The van der Waals surface area contributed by atoms with E-state index < -0.39 is 5.97 Å². The second kappa shape index (κ2) is 5.47. The number of nitrogens with two attached hydrogens (primary N) is 1. The molecule has 0 bridgehead atoms. The van der Waals surface area contributed by atoms with Gasteiger partial charge in [0.1, 0.15) is 0 Å². The zero-order valence-corrected chi connectivity index (χ0v) is 9.97. The third-order valence-corrected chi connectivity index (χ3v) is 2.85. The Labute approximate surface area is 106 Å². The van der Waals surface area contributed by atoms with Gasteiger partial charge in [-0.05, 0) is 41.8 Å². The van der Waals surface area contributed by atoms with Crippen LogP contribution in [0.25, 0.3) is 11.1 Å². The molecule has 0 saturated carbocycles. The smallest absolute Gasteiger partial charge is 0.335 e. The van der Waals surface area contributed by atoms with Gasteiger partial charge in [0.05, 0.1) is 5.56 Å². The fraction of sp³-hybridized carbons (Fsp3) is 0.133. The second-order valence-corrected chi connectivity index (χ2v) is 4.12. The van der Waals surface area contributed by atoms with Gasteiger partial charge in [-0.15, -0.1) is 0 Å². The molecular weight excluding hydrogens is 226 g/mol. The van der Waals surface area contributed by atoms with Crippen LogP contribution >= 0.6 is 0 Å². The van der Waals surface area contributed by atoms with Crippen molar-refractivity contribution in [2.45, 2.75) is 6.42 Å². The Balaban J connectivity index is 2.23. The van der Waals surface area contributed by atoms with Gasteiger partial charge in [0, 0.05) is 0 Å². The van der Waals surface area contributed by atoms with E-state index in [1.807, 2.05) is 36.4 Å². The summed E-state index contributed by atoms with van der Waals surface area (Å²) >= 11 is 0. The predicted octanol–water partition coefficient (Wildman–Crippen LogP) is 2.55. The summed E-state index contributed by atoms with van der Waals surface area (Å²) in [5, 5.41) is 8.83. The van der Waals surface area contributed by atoms with Crippen molar-refractivity contribution >= 4 is 5.97 Å². The largest absolute Gasteiger partial charge is 0.478 e. The summed E-state index contributed by atoms with van der Waals surface area (Å²) in [6.07, 6.45) is 0.873. The highest BCUT2D eigenvalue weighted by molar-refractivity contribution is 5.88. The number of rotatable bonds is 4. The lowest BCUT2D eigenvalue weighted by atomic mass is 10.0. The van der Waals surface area contributed by atoms with Crippen LogP contribution in [-0.2, 0) is 6.42 Å². The maximum Gasteiger partial charge on any atom is 0.335 e. The molecule has 0 radical (unpaired) electrons. The lowest BCUT2D eigenvalue weighted by Gasteiger charge is -2.04. The molecule has 0 aromatic heterocycles. The molecule has 3 N–H and O–H groups in total. The van der Waals surface area contributed by atoms with Crippen molar-refractivity contribution in [2.75, 3.05) is 6.54 Å². The van der Waals surface area contributed by atoms with Crippen LogP contribution < -0.4 is 5.73 Å². The van der Waals surface area contributed by atoms with E-state index in [-0.39, 0.29) is 0 Å². The Hall–Kier alpha value is -2.13. The van der Waals surface area contributed by atoms with Crippen LogP contribution in [0.15, 0.2) is 48.5 Å². The molecule has 2 rings (SSSR count). The van der Waals surface area contributed by atoms with Crippen LogP contribution in [-0.4, -0.2) is 17.6 Å². The monoisotopic (exact) mass is 241 g/mol. The van der Waals surface area contributed by atoms with Gasteiger partial charge in [-0.1, -0.05) is 36.4 Å². The molecule has 3 heteroatoms. The SMILES string of the molecule is NCCc1ccc(-c2ccc(C(=O)O)cc2)cc1. The third kappa shape index (κ3) is 2.76. The minimum absolute atomic E-state index is 0.304. The molecule has 0 heterocycles. The van der Waals surface area contributed by atoms with Gasteiger partial charge in [-0.25, -0.2) is 4.79 Å². The first-order valence-corrected chi connectivity index (χ1v) is 5.83. The minimum atomic E-state index is -0.903. The summed E-state index contributed by atoms with van der Waals surface area (Å²) in [7, 11) is 0. The quantitative estimate of drug-likeness (QED) is 0.864. The van der Waals surface area contributed by atoms with Crippen molar-refractivity contribution in [1.82, 2.24) is 0 Å². The average Bonchev–Trinajstić information content (AvgIpc) is 2.40. The summed E-state index contributed by atoms with van der Waals surface area (Å²) in [6.45, 7) is 0.645. The molecule has 0 aliphatic carbocycles. The molecule has 0 saturated heterocycles. The average molecular weight is 241 g/mol. The number of hydrogen-bond donors (Lipinski definition) is 2. The van der Waals surface area contributed by atoms with E-state index in [1.165, 1.54) is 5.56 Å². The Bertz CT molecular complexity index is 529. The van der Waals surface area contributed by atoms with Crippen molar-refractivity contribution in [2.24, 2.45) is 5.73 Å². The van der Waals surface area contributed by atoms with E-state index in [1.54, 1.807) is 12.1 Å². The number of carbonyl (C=O) groups is 1. The molecule has 0 aliphatic heterocycles. The van der Waals surface area contributed by atoms with Crippen LogP contribution in [0.4, 0.5) is 0 Å². The van der Waals surface area contributed by atoms with E-state index in [2.05, 4.69) is 0 Å². The molecule has 0 fully saturated rings. The lowest BCUT2D eigenvalue weighted by molar-refractivity contribution is 0.0697. The summed E-state index contributed by atoms with van der Waals surface area (Å²) in [5.74, 6) is -0.903. The first-order valence-electron chi connectivity index (χ1n) is 5.83. The minimum Gasteiger partial charge on any atom is -0.478 e. The number of hydrogen-bond acceptors (Lipinski definition) is 2. The van der Waals surface area contributed by atoms with Crippen molar-refractivity contribution in [3.63, 3.8) is 0 Å². The molecule has 0 unspecified atom stereocenters. The standard InChI is InChI=1S/C15H15NO2/c16-10-9-11-1-3-12(4-2-11)13-5-7-14(8-6-13)15(17)18/h1-8H,9-10,16H2,(H,17,18). The fourth-order valence-electron chi connectivity index (χ4n) is 1.84. The fourth-order valence-corrected chi connectivity index (χ4v) is 1.84. The van der Waals surface area contributed by atoms with Crippen molar-refractivity contribution in [3.8, 4) is 11.1 Å². The maximum atomic E-state index is 10.8. The highest BCUT2D eigenvalue weighted by Crippen LogP contribution is 2.20. The number of aromatic carboxylic acids is 1. The van der Waals surface area contributed by atoms with Crippen molar-refractivity contribution in [1.29, 1.82) is 0 Å². The number of carboxylic acids is 1. The van der Waals surface area contributed by atoms with Crippen LogP contribution in [0, 0.1) is 0 Å². The van der Waals surface area contributed by atoms with Crippen LogP contribution in [0.1, 0.15) is 15.9 Å². The first kappa shape index (κ1) is 12.3. The molecular formula is C15H15NO2. The second-order valence-electron chi connectivity index (χ2n) is 4.12. The molecule has 92 valence electrons. The zero-order valence-electron chi connectivity index (χ0n) is 9.97. The van der Waals surface area contributed by atoms with Crippen molar-refractivity contribution in [3.05, 3.63) is 59.7 Å². The molecule has 0 amide bonds. The lowest BCUT2D eigenvalue weighted by Crippen LogP contribution is -2.02. The highest BCUT2D eigenvalue weighted by atomic mass is 16.4. The van der Waals surface area contributed by atoms with Crippen LogP contribution in [0.5, 0.6) is 0 Å². The van der Waals surface area contributed by atoms with E-state index in [4.69, 9.17) is 10.8 Å². The Morgan fingerprint density at radius 3 is 1.89 bits per heavy atom. The van der Waals surface area contributed by atoms with Gasteiger partial charge in [-0.3, -0.25) is 0 Å². The summed E-state index contributed by atoms with van der Waals surface area (Å²) in [4.78, 5) is 10.8. The Morgan fingerprint density at radius 1 is 0.944 bits per heavy atom. The highest BCUT2D eigenvalue weighted by Gasteiger charge is 2.03. The topological polar surface area (TPSA) is 63.3 Å². The molecule has 0 atom stereocenters. The van der Waals surface area contributed by atoms with Crippen molar-refractivity contribution < 1.29 is 9.90 Å². The predicted molar refractivity (Wildman–Crippen MR) is 71.6 cm³/mol. The summed E-state index contributed by atoms with van der Waals surface area (Å²) in [6, 6.07) is 15.0. The normalized spacial score (nSPS) is 10.3. The molecule has 0 spiro atoms. The van der Waals surface area contributed by atoms with E-state index in [9.17, 15) is 4.79 Å². The van der Waals surface area contributed by atoms with Crippen LogP contribution in [0.3, 0.4) is 0 Å². The third-order valence-electron chi connectivity index (χ3n) is 2.85. The zero-order chi connectivity index (χ0) is 13.0. The van der Waals surface area contributed by atoms with E-state index >= 15 is 0 Å². The van der Waals surface area contributed by atoms with E-state index in [0.29, 0.717) is 12.1 Å². The maximum absolute atomic E-state index is 10.8. The Morgan fingerprint density at radius 2 is 1.44 bits per heavy atom. The van der Waals surface area contributed by atoms with Gasteiger partial charge in [-0.2, -0.15) is 0 Å². The van der Waals surface area contributed by atoms with Gasteiger partial charge in [0.2, 0.25) is 0 Å². The van der Waals surface area contributed by atoms with E-state index in [0.717, 1.165) is 17.5 Å². The van der Waals surface area contributed by atoms with Crippen LogP contribution in [0.2, 0.25) is 0 Å². The Kier molecular flexibility index (Phi) is 3.75.